The molecular formula is C21H22N2O3. The third kappa shape index (κ3) is 3.61. The van der Waals surface area contributed by atoms with E-state index in [1.165, 1.54) is 4.57 Å². The number of aromatic nitrogens is 1. The van der Waals surface area contributed by atoms with Crippen LogP contribution in [0.1, 0.15) is 23.0 Å². The molecule has 0 saturated heterocycles. The van der Waals surface area contributed by atoms with Crippen molar-refractivity contribution in [3.8, 4) is 5.75 Å². The van der Waals surface area contributed by atoms with Gasteiger partial charge in [0.25, 0.3) is 11.5 Å². The van der Waals surface area contributed by atoms with Crippen molar-refractivity contribution in [2.75, 3.05) is 13.7 Å². The zero-order valence-electron chi connectivity index (χ0n) is 15.0. The summed E-state index contributed by atoms with van der Waals surface area (Å²) in [5.41, 5.74) is 1.36. The Balaban J connectivity index is 1.87. The summed E-state index contributed by atoms with van der Waals surface area (Å²) in [5.74, 6) is 0.409. The van der Waals surface area contributed by atoms with Gasteiger partial charge in [-0.2, -0.15) is 0 Å². The van der Waals surface area contributed by atoms with Crippen LogP contribution in [0.2, 0.25) is 0 Å². The Labute approximate surface area is 152 Å². The predicted molar refractivity (Wildman–Crippen MR) is 103 cm³/mol. The van der Waals surface area contributed by atoms with Crippen LogP contribution in [0.15, 0.2) is 59.4 Å². The van der Waals surface area contributed by atoms with Crippen LogP contribution in [0.3, 0.4) is 0 Å². The molecule has 0 bridgehead atoms. The van der Waals surface area contributed by atoms with E-state index in [0.29, 0.717) is 35.3 Å². The van der Waals surface area contributed by atoms with E-state index in [1.54, 1.807) is 31.4 Å². The van der Waals surface area contributed by atoms with Gasteiger partial charge in [0.15, 0.2) is 0 Å². The second kappa shape index (κ2) is 7.87. The van der Waals surface area contributed by atoms with Crippen molar-refractivity contribution in [3.63, 3.8) is 0 Å². The fourth-order valence-electron chi connectivity index (χ4n) is 3.02. The molecular weight excluding hydrogens is 328 g/mol. The molecule has 3 aromatic rings. The normalized spacial score (nSPS) is 10.7. The Morgan fingerprint density at radius 1 is 1.12 bits per heavy atom. The summed E-state index contributed by atoms with van der Waals surface area (Å²) in [7, 11) is 1.58. The lowest BCUT2D eigenvalue weighted by molar-refractivity contribution is 0.0944. The molecule has 2 aromatic carbocycles. The van der Waals surface area contributed by atoms with E-state index in [0.717, 1.165) is 12.0 Å². The van der Waals surface area contributed by atoms with Crippen molar-refractivity contribution in [1.29, 1.82) is 0 Å². The highest BCUT2D eigenvalue weighted by molar-refractivity contribution is 5.97. The Morgan fingerprint density at radius 3 is 2.58 bits per heavy atom. The Hall–Kier alpha value is -3.08. The number of methoxy groups -OCH3 is 1. The van der Waals surface area contributed by atoms with Crippen LogP contribution in [0.4, 0.5) is 0 Å². The van der Waals surface area contributed by atoms with Crippen LogP contribution in [-0.2, 0) is 13.0 Å². The van der Waals surface area contributed by atoms with E-state index in [2.05, 4.69) is 5.32 Å². The minimum absolute atomic E-state index is 0.166. The molecule has 1 N–H and O–H groups in total. The maximum absolute atomic E-state index is 12.7. The molecule has 0 radical (unpaired) electrons. The summed E-state index contributed by atoms with van der Waals surface area (Å²) >= 11 is 0. The van der Waals surface area contributed by atoms with Crippen molar-refractivity contribution in [2.45, 2.75) is 19.9 Å². The fourth-order valence-corrected chi connectivity index (χ4v) is 3.02. The summed E-state index contributed by atoms with van der Waals surface area (Å²) < 4.78 is 6.73. The smallest absolute Gasteiger partial charge is 0.268 e. The van der Waals surface area contributed by atoms with Gasteiger partial charge in [-0.05, 0) is 48.6 Å². The minimum Gasteiger partial charge on any atom is -0.497 e. The van der Waals surface area contributed by atoms with E-state index in [9.17, 15) is 9.59 Å². The van der Waals surface area contributed by atoms with Crippen molar-refractivity contribution in [2.24, 2.45) is 0 Å². The van der Waals surface area contributed by atoms with Gasteiger partial charge in [0, 0.05) is 18.5 Å². The summed E-state index contributed by atoms with van der Waals surface area (Å²) in [6.45, 7) is 2.80. The van der Waals surface area contributed by atoms with E-state index in [-0.39, 0.29) is 11.5 Å². The number of nitrogens with one attached hydrogen (secondary N) is 1. The van der Waals surface area contributed by atoms with Crippen LogP contribution < -0.4 is 15.6 Å². The number of ether oxygens (including phenoxy) is 1. The van der Waals surface area contributed by atoms with Gasteiger partial charge in [-0.1, -0.05) is 30.3 Å². The van der Waals surface area contributed by atoms with Gasteiger partial charge >= 0.3 is 0 Å². The lowest BCUT2D eigenvalue weighted by Gasteiger charge is -2.13. The van der Waals surface area contributed by atoms with Crippen LogP contribution in [0.25, 0.3) is 10.8 Å². The summed E-state index contributed by atoms with van der Waals surface area (Å²) in [6, 6.07) is 17.0. The molecule has 1 heterocycles. The van der Waals surface area contributed by atoms with E-state index in [1.807, 2.05) is 37.3 Å². The van der Waals surface area contributed by atoms with E-state index in [4.69, 9.17) is 4.74 Å². The molecule has 0 aliphatic rings. The molecule has 1 aromatic heterocycles. The van der Waals surface area contributed by atoms with Gasteiger partial charge in [0.05, 0.1) is 7.11 Å². The van der Waals surface area contributed by atoms with Gasteiger partial charge < -0.3 is 14.6 Å². The van der Waals surface area contributed by atoms with Gasteiger partial charge in [-0.25, -0.2) is 0 Å². The van der Waals surface area contributed by atoms with Crippen molar-refractivity contribution >= 4 is 16.7 Å². The highest BCUT2D eigenvalue weighted by atomic mass is 16.5. The van der Waals surface area contributed by atoms with Crippen LogP contribution in [-0.4, -0.2) is 24.1 Å². The number of fused-ring (bicyclic) bond motifs is 1. The first kappa shape index (κ1) is 17.7. The first-order valence-corrected chi connectivity index (χ1v) is 8.67. The van der Waals surface area contributed by atoms with Crippen LogP contribution in [0.5, 0.6) is 5.75 Å². The highest BCUT2D eigenvalue weighted by Gasteiger charge is 2.15. The second-order valence-corrected chi connectivity index (χ2v) is 6.02. The number of pyridine rings is 1. The predicted octanol–water partition coefficient (Wildman–Crippen LogP) is 3.00. The third-order valence-corrected chi connectivity index (χ3v) is 4.41. The van der Waals surface area contributed by atoms with Crippen molar-refractivity contribution in [1.82, 2.24) is 9.88 Å². The lowest BCUT2D eigenvalue weighted by atomic mass is 10.1. The largest absolute Gasteiger partial charge is 0.497 e. The molecule has 0 aliphatic carbocycles. The number of nitrogens with zero attached hydrogens (tertiary/aromatic N) is 1. The van der Waals surface area contributed by atoms with Gasteiger partial charge in [0.2, 0.25) is 0 Å². The number of carbonyl (C=O) groups excluding carboxylic acids is 1. The second-order valence-electron chi connectivity index (χ2n) is 6.02. The number of hydrogen-bond acceptors (Lipinski definition) is 3. The van der Waals surface area contributed by atoms with Crippen molar-refractivity contribution in [3.05, 3.63) is 76.2 Å². The van der Waals surface area contributed by atoms with Crippen molar-refractivity contribution < 1.29 is 9.53 Å². The molecule has 3 rings (SSSR count). The maximum Gasteiger partial charge on any atom is 0.268 e. The zero-order valence-corrected chi connectivity index (χ0v) is 15.0. The van der Waals surface area contributed by atoms with Crippen LogP contribution in [0, 0.1) is 0 Å². The quantitative estimate of drug-likeness (QED) is 0.743. The first-order chi connectivity index (χ1) is 12.6. The van der Waals surface area contributed by atoms with E-state index < -0.39 is 0 Å². The van der Waals surface area contributed by atoms with Gasteiger partial charge in [-0.3, -0.25) is 9.59 Å². The molecule has 0 fully saturated rings. The molecule has 0 spiro atoms. The average molecular weight is 350 g/mol. The monoisotopic (exact) mass is 350 g/mol. The molecule has 5 nitrogen and oxygen atoms in total. The molecule has 0 aliphatic heterocycles. The van der Waals surface area contributed by atoms with Gasteiger partial charge in [0.1, 0.15) is 11.4 Å². The minimum atomic E-state index is -0.246. The fraction of sp³-hybridized carbons (Fsp3) is 0.238. The maximum atomic E-state index is 12.7. The average Bonchev–Trinajstić information content (AvgIpc) is 2.68. The number of hydrogen-bond donors (Lipinski definition) is 1. The van der Waals surface area contributed by atoms with Gasteiger partial charge in [-0.15, -0.1) is 0 Å². The summed E-state index contributed by atoms with van der Waals surface area (Å²) in [5, 5.41) is 4.19. The first-order valence-electron chi connectivity index (χ1n) is 8.67. The molecule has 134 valence electrons. The molecule has 0 saturated carbocycles. The Bertz CT molecular complexity index is 978. The zero-order chi connectivity index (χ0) is 18.5. The summed E-state index contributed by atoms with van der Waals surface area (Å²) in [4.78, 5) is 25.4. The SMILES string of the molecule is CCn1c(C(=O)NCCc2ccccc2)cc2cc(OC)ccc2c1=O. The highest BCUT2D eigenvalue weighted by Crippen LogP contribution is 2.19. The lowest BCUT2D eigenvalue weighted by Crippen LogP contribution is -2.33. The number of rotatable bonds is 6. The number of amides is 1. The summed E-state index contributed by atoms with van der Waals surface area (Å²) in [6.07, 6.45) is 0.740. The van der Waals surface area contributed by atoms with E-state index >= 15 is 0 Å². The number of benzene rings is 2. The molecule has 1 amide bonds. The Kier molecular flexibility index (Phi) is 5.37. The standard InChI is InChI=1S/C21H22N2O3/c1-3-23-19(20(24)22-12-11-15-7-5-4-6-8-15)14-16-13-17(26-2)9-10-18(16)21(23)25/h4-10,13-14H,3,11-12H2,1-2H3,(H,22,24). The topological polar surface area (TPSA) is 60.3 Å². The van der Waals surface area contributed by atoms with Crippen LogP contribution >= 0.6 is 0 Å². The molecule has 0 unspecified atom stereocenters. The third-order valence-electron chi connectivity index (χ3n) is 4.41. The Morgan fingerprint density at radius 2 is 1.88 bits per heavy atom. The molecule has 26 heavy (non-hydrogen) atoms. The molecule has 5 heteroatoms. The number of carbonyl (C=O) groups is 1. The molecule has 0 atom stereocenters.